The molecule has 1 amide bonds. The lowest BCUT2D eigenvalue weighted by molar-refractivity contribution is -0.154. The molecule has 0 N–H and O–H groups in total. The van der Waals surface area contributed by atoms with Crippen LogP contribution in [0.1, 0.15) is 19.3 Å². The third-order valence-corrected chi connectivity index (χ3v) is 3.35. The number of ether oxygens (including phenoxy) is 2. The van der Waals surface area contributed by atoms with Gasteiger partial charge in [-0.2, -0.15) is 0 Å². The lowest BCUT2D eigenvalue weighted by Gasteiger charge is -2.36. The number of Topliss-reactive ketones (excluding diaryl/α,β-unsaturated/α-hetero) is 1. The predicted molar refractivity (Wildman–Crippen MR) is 56.0 cm³/mol. The Morgan fingerprint density at radius 2 is 2.38 bits per heavy atom. The van der Waals surface area contributed by atoms with Crippen molar-refractivity contribution in [2.75, 3.05) is 33.4 Å². The van der Waals surface area contributed by atoms with Gasteiger partial charge in [-0.3, -0.25) is 9.59 Å². The Labute approximate surface area is 94.7 Å². The third-order valence-electron chi connectivity index (χ3n) is 3.35. The molecule has 0 aromatic rings. The van der Waals surface area contributed by atoms with Crippen LogP contribution in [0.4, 0.5) is 0 Å². The highest BCUT2D eigenvalue weighted by Gasteiger charge is 2.46. The number of likely N-dealkylation sites (tertiary alicyclic amines) is 1. The van der Waals surface area contributed by atoms with Crippen LogP contribution in [-0.2, 0) is 19.1 Å². The molecule has 2 heterocycles. The van der Waals surface area contributed by atoms with E-state index < -0.39 is 5.60 Å². The fraction of sp³-hybridized carbons (Fsp3) is 0.818. The van der Waals surface area contributed by atoms with Gasteiger partial charge in [-0.05, 0) is 12.8 Å². The van der Waals surface area contributed by atoms with E-state index in [0.717, 1.165) is 12.8 Å². The van der Waals surface area contributed by atoms with Crippen LogP contribution < -0.4 is 0 Å². The number of carbonyl (C=O) groups excluding carboxylic acids is 2. The third kappa shape index (κ3) is 1.97. The molecule has 2 aliphatic rings. The summed E-state index contributed by atoms with van der Waals surface area (Å²) in [6.45, 7) is 1.47. The molecule has 90 valence electrons. The second-order valence-electron chi connectivity index (χ2n) is 4.37. The second kappa shape index (κ2) is 4.51. The van der Waals surface area contributed by atoms with Crippen LogP contribution in [-0.4, -0.2) is 55.6 Å². The van der Waals surface area contributed by atoms with Gasteiger partial charge in [0.25, 0.3) is 0 Å². The molecule has 0 aromatic carbocycles. The van der Waals surface area contributed by atoms with Crippen molar-refractivity contribution in [3.8, 4) is 0 Å². The maximum atomic E-state index is 12.0. The van der Waals surface area contributed by atoms with Gasteiger partial charge in [-0.25, -0.2) is 0 Å². The molecule has 2 aliphatic heterocycles. The molecule has 0 saturated carbocycles. The summed E-state index contributed by atoms with van der Waals surface area (Å²) >= 11 is 0. The monoisotopic (exact) mass is 227 g/mol. The van der Waals surface area contributed by atoms with Gasteiger partial charge in [-0.15, -0.1) is 0 Å². The normalized spacial score (nSPS) is 30.1. The van der Waals surface area contributed by atoms with Gasteiger partial charge in [0, 0.05) is 26.7 Å². The maximum absolute atomic E-state index is 12.0. The molecular weight excluding hydrogens is 210 g/mol. The number of hydrogen-bond acceptors (Lipinski definition) is 4. The van der Waals surface area contributed by atoms with Crippen LogP contribution >= 0.6 is 0 Å². The number of ketones is 1. The zero-order valence-corrected chi connectivity index (χ0v) is 9.53. The van der Waals surface area contributed by atoms with E-state index >= 15 is 0 Å². The van der Waals surface area contributed by atoms with Crippen LogP contribution in [0.25, 0.3) is 0 Å². The first-order valence-electron chi connectivity index (χ1n) is 5.62. The van der Waals surface area contributed by atoms with E-state index in [9.17, 15) is 9.59 Å². The van der Waals surface area contributed by atoms with Crippen molar-refractivity contribution in [1.29, 1.82) is 0 Å². The molecule has 16 heavy (non-hydrogen) atoms. The summed E-state index contributed by atoms with van der Waals surface area (Å²) in [5.74, 6) is -0.0793. The number of methoxy groups -OCH3 is 1. The summed E-state index contributed by atoms with van der Waals surface area (Å²) in [6.07, 6.45) is 2.37. The Kier molecular flexibility index (Phi) is 3.25. The highest BCUT2D eigenvalue weighted by Crippen LogP contribution is 2.33. The van der Waals surface area contributed by atoms with Crippen molar-refractivity contribution in [2.45, 2.75) is 24.9 Å². The second-order valence-corrected chi connectivity index (χ2v) is 4.37. The first-order chi connectivity index (χ1) is 7.68. The van der Waals surface area contributed by atoms with E-state index in [4.69, 9.17) is 9.47 Å². The van der Waals surface area contributed by atoms with E-state index in [1.54, 1.807) is 4.90 Å². The number of amides is 1. The topological polar surface area (TPSA) is 55.8 Å². The van der Waals surface area contributed by atoms with Crippen LogP contribution in [0, 0.1) is 0 Å². The van der Waals surface area contributed by atoms with Crippen LogP contribution in [0.15, 0.2) is 0 Å². The molecule has 2 fully saturated rings. The van der Waals surface area contributed by atoms with Gasteiger partial charge in [0.1, 0.15) is 12.2 Å². The first-order valence-corrected chi connectivity index (χ1v) is 5.62. The van der Waals surface area contributed by atoms with Crippen molar-refractivity contribution in [1.82, 2.24) is 4.90 Å². The quantitative estimate of drug-likeness (QED) is 0.665. The molecule has 2 rings (SSSR count). The minimum absolute atomic E-state index is 0.0423. The summed E-state index contributed by atoms with van der Waals surface area (Å²) in [6, 6.07) is 0. The lowest BCUT2D eigenvalue weighted by atomic mass is 9.87. The number of nitrogens with zero attached hydrogens (tertiary/aromatic N) is 1. The van der Waals surface area contributed by atoms with Crippen molar-refractivity contribution in [3.05, 3.63) is 0 Å². The number of rotatable bonds is 2. The van der Waals surface area contributed by atoms with Crippen LogP contribution in [0.5, 0.6) is 0 Å². The van der Waals surface area contributed by atoms with E-state index in [-0.39, 0.29) is 24.8 Å². The summed E-state index contributed by atoms with van der Waals surface area (Å²) in [4.78, 5) is 25.1. The summed E-state index contributed by atoms with van der Waals surface area (Å²) in [5.41, 5.74) is -0.580. The molecule has 5 nitrogen and oxygen atoms in total. The van der Waals surface area contributed by atoms with Crippen molar-refractivity contribution >= 4 is 11.7 Å². The molecule has 5 heteroatoms. The molecule has 1 atom stereocenters. The number of piperidine rings is 1. The van der Waals surface area contributed by atoms with E-state index in [1.165, 1.54) is 7.11 Å². The van der Waals surface area contributed by atoms with E-state index in [1.807, 2.05) is 0 Å². The molecule has 0 aromatic heterocycles. The lowest BCUT2D eigenvalue weighted by Crippen LogP contribution is -2.54. The Morgan fingerprint density at radius 3 is 2.94 bits per heavy atom. The fourth-order valence-electron chi connectivity index (χ4n) is 2.39. The Hall–Kier alpha value is -0.940. The largest absolute Gasteiger partial charge is 0.375 e. The molecule has 1 unspecified atom stereocenters. The van der Waals surface area contributed by atoms with Gasteiger partial charge in [-0.1, -0.05) is 0 Å². The highest BCUT2D eigenvalue weighted by molar-refractivity contribution is 5.93. The van der Waals surface area contributed by atoms with Gasteiger partial charge in [0.05, 0.1) is 6.54 Å². The molecule has 0 aliphatic carbocycles. The first kappa shape index (κ1) is 11.5. The summed E-state index contributed by atoms with van der Waals surface area (Å²) in [5, 5.41) is 0. The van der Waals surface area contributed by atoms with Crippen molar-refractivity contribution < 1.29 is 19.1 Å². The van der Waals surface area contributed by atoms with Crippen LogP contribution in [0.2, 0.25) is 0 Å². The fourth-order valence-corrected chi connectivity index (χ4v) is 2.39. The smallest absolute Gasteiger partial charge is 0.248 e. The predicted octanol–water partition coefficient (Wildman–Crippen LogP) is -0.0166. The molecule has 1 spiro atoms. The molecule has 2 saturated heterocycles. The Balaban J connectivity index is 1.97. The molecule has 0 radical (unpaired) electrons. The van der Waals surface area contributed by atoms with E-state index in [0.29, 0.717) is 19.6 Å². The van der Waals surface area contributed by atoms with Gasteiger partial charge in [0.15, 0.2) is 5.78 Å². The van der Waals surface area contributed by atoms with Crippen LogP contribution in [0.3, 0.4) is 0 Å². The zero-order chi connectivity index (χ0) is 11.6. The maximum Gasteiger partial charge on any atom is 0.248 e. The van der Waals surface area contributed by atoms with Gasteiger partial charge in [0.2, 0.25) is 5.91 Å². The van der Waals surface area contributed by atoms with E-state index in [2.05, 4.69) is 0 Å². The standard InChI is InChI=1S/C11H17NO4/c1-15-8-10(14)12-5-4-11(9(13)7-12)3-2-6-16-11/h2-8H2,1H3. The average molecular weight is 227 g/mol. The average Bonchev–Trinajstić information content (AvgIpc) is 2.72. The zero-order valence-electron chi connectivity index (χ0n) is 9.53. The number of hydrogen-bond donors (Lipinski definition) is 0. The minimum atomic E-state index is -0.580. The SMILES string of the molecule is COCC(=O)N1CCC2(CCCO2)C(=O)C1. The van der Waals surface area contributed by atoms with Crippen molar-refractivity contribution in [3.63, 3.8) is 0 Å². The summed E-state index contributed by atoms with van der Waals surface area (Å²) < 4.78 is 10.3. The molecular formula is C11H17NO4. The number of carbonyl (C=O) groups is 2. The Morgan fingerprint density at radius 1 is 1.56 bits per heavy atom. The van der Waals surface area contributed by atoms with Crippen molar-refractivity contribution in [2.24, 2.45) is 0 Å². The highest BCUT2D eigenvalue weighted by atomic mass is 16.5. The summed E-state index contributed by atoms with van der Waals surface area (Å²) in [7, 11) is 1.48. The van der Waals surface area contributed by atoms with Gasteiger partial charge < -0.3 is 14.4 Å². The minimum Gasteiger partial charge on any atom is -0.375 e. The Bertz CT molecular complexity index is 296. The molecule has 0 bridgehead atoms. The van der Waals surface area contributed by atoms with Gasteiger partial charge >= 0.3 is 0 Å².